The third kappa shape index (κ3) is 5.19. The standard InChI is InChI=1S/C14H11Br3N4O/c15-10-4-12(17)13(5-11(10)16)19-8-14(22)21-20-7-9-2-1-3-18-6-9/h1-7,19H,8H2,(H,21,22)/b20-7+. The number of aromatic nitrogens is 1. The fourth-order valence-corrected chi connectivity index (χ4v) is 2.98. The van der Waals surface area contributed by atoms with Crippen LogP contribution in [0.3, 0.4) is 0 Å². The van der Waals surface area contributed by atoms with Crippen molar-refractivity contribution in [1.82, 2.24) is 10.4 Å². The summed E-state index contributed by atoms with van der Waals surface area (Å²) in [6.07, 6.45) is 4.87. The number of anilines is 1. The molecule has 22 heavy (non-hydrogen) atoms. The van der Waals surface area contributed by atoms with E-state index >= 15 is 0 Å². The minimum Gasteiger partial charge on any atom is -0.375 e. The molecule has 8 heteroatoms. The summed E-state index contributed by atoms with van der Waals surface area (Å²) in [6, 6.07) is 7.41. The van der Waals surface area contributed by atoms with Crippen LogP contribution in [0.1, 0.15) is 5.56 Å². The number of rotatable bonds is 5. The zero-order chi connectivity index (χ0) is 15.9. The van der Waals surface area contributed by atoms with Gasteiger partial charge in [0, 0.05) is 31.4 Å². The van der Waals surface area contributed by atoms with E-state index in [1.165, 1.54) is 6.21 Å². The van der Waals surface area contributed by atoms with Gasteiger partial charge in [0.25, 0.3) is 5.91 Å². The zero-order valence-corrected chi connectivity index (χ0v) is 15.9. The molecule has 1 aromatic carbocycles. The lowest BCUT2D eigenvalue weighted by Gasteiger charge is -2.09. The first-order valence-electron chi connectivity index (χ1n) is 6.16. The molecule has 0 unspecified atom stereocenters. The highest BCUT2D eigenvalue weighted by atomic mass is 79.9. The van der Waals surface area contributed by atoms with Crippen LogP contribution in [0, 0.1) is 0 Å². The van der Waals surface area contributed by atoms with Crippen LogP contribution >= 0.6 is 47.8 Å². The third-order valence-electron chi connectivity index (χ3n) is 2.54. The Morgan fingerprint density at radius 1 is 1.23 bits per heavy atom. The fourth-order valence-electron chi connectivity index (χ4n) is 1.50. The summed E-state index contributed by atoms with van der Waals surface area (Å²) in [5.41, 5.74) is 4.07. The highest BCUT2D eigenvalue weighted by Gasteiger charge is 2.06. The van der Waals surface area contributed by atoms with Crippen LogP contribution in [0.5, 0.6) is 0 Å². The van der Waals surface area contributed by atoms with Crippen molar-refractivity contribution in [2.45, 2.75) is 0 Å². The summed E-state index contributed by atoms with van der Waals surface area (Å²) < 4.78 is 2.68. The Kier molecular flexibility index (Phi) is 6.53. The van der Waals surface area contributed by atoms with Gasteiger partial charge < -0.3 is 5.32 Å². The van der Waals surface area contributed by atoms with Crippen molar-refractivity contribution in [2.24, 2.45) is 5.10 Å². The molecule has 1 amide bonds. The van der Waals surface area contributed by atoms with E-state index in [9.17, 15) is 4.79 Å². The molecular formula is C14H11Br3N4O. The summed E-state index contributed by atoms with van der Waals surface area (Å²) in [5.74, 6) is -0.244. The van der Waals surface area contributed by atoms with Crippen LogP contribution in [0.15, 0.2) is 55.2 Å². The van der Waals surface area contributed by atoms with Gasteiger partial charge in [-0.2, -0.15) is 5.10 Å². The Bertz CT molecular complexity index is 692. The summed E-state index contributed by atoms with van der Waals surface area (Å²) in [6.45, 7) is 0.108. The lowest BCUT2D eigenvalue weighted by Crippen LogP contribution is -2.26. The molecule has 2 N–H and O–H groups in total. The van der Waals surface area contributed by atoms with Gasteiger partial charge in [0.05, 0.1) is 18.4 Å². The first-order valence-corrected chi connectivity index (χ1v) is 8.54. The number of benzene rings is 1. The smallest absolute Gasteiger partial charge is 0.259 e. The maximum Gasteiger partial charge on any atom is 0.259 e. The second-order valence-corrected chi connectivity index (χ2v) is 6.74. The van der Waals surface area contributed by atoms with Gasteiger partial charge in [-0.3, -0.25) is 9.78 Å². The Labute approximate surface area is 153 Å². The van der Waals surface area contributed by atoms with Crippen LogP contribution in [-0.4, -0.2) is 23.7 Å². The highest BCUT2D eigenvalue weighted by Crippen LogP contribution is 2.32. The van der Waals surface area contributed by atoms with Crippen LogP contribution in [0.4, 0.5) is 5.69 Å². The van der Waals surface area contributed by atoms with Crippen molar-refractivity contribution in [3.05, 3.63) is 55.6 Å². The number of hydrazone groups is 1. The average molecular weight is 491 g/mol. The van der Waals surface area contributed by atoms with Gasteiger partial charge in [-0.1, -0.05) is 6.07 Å². The number of carbonyl (C=O) groups excluding carboxylic acids is 1. The molecule has 2 rings (SSSR count). The van der Waals surface area contributed by atoms with Gasteiger partial charge >= 0.3 is 0 Å². The van der Waals surface area contributed by atoms with Gasteiger partial charge in [-0.05, 0) is 66.0 Å². The van der Waals surface area contributed by atoms with Crippen LogP contribution in [-0.2, 0) is 4.79 Å². The molecule has 0 radical (unpaired) electrons. The SMILES string of the molecule is O=C(CNc1cc(Br)c(Br)cc1Br)N/N=C/c1cccnc1. The van der Waals surface area contributed by atoms with E-state index in [4.69, 9.17) is 0 Å². The number of hydrogen-bond donors (Lipinski definition) is 2. The van der Waals surface area contributed by atoms with Gasteiger partial charge in [0.2, 0.25) is 0 Å². The number of hydrogen-bond acceptors (Lipinski definition) is 4. The van der Waals surface area contributed by atoms with E-state index in [-0.39, 0.29) is 12.5 Å². The van der Waals surface area contributed by atoms with E-state index in [1.54, 1.807) is 18.5 Å². The van der Waals surface area contributed by atoms with Crippen LogP contribution in [0.2, 0.25) is 0 Å². The predicted molar refractivity (Wildman–Crippen MR) is 98.0 cm³/mol. The summed E-state index contributed by atoms with van der Waals surface area (Å²) >= 11 is 10.3. The fraction of sp³-hybridized carbons (Fsp3) is 0.0714. The molecule has 0 fully saturated rings. The van der Waals surface area contributed by atoms with Gasteiger partial charge in [-0.25, -0.2) is 5.43 Å². The number of nitrogens with one attached hydrogen (secondary N) is 2. The Balaban J connectivity index is 1.86. The summed E-state index contributed by atoms with van der Waals surface area (Å²) in [7, 11) is 0. The monoisotopic (exact) mass is 488 g/mol. The van der Waals surface area contributed by atoms with Crippen molar-refractivity contribution >= 4 is 65.6 Å². The third-order valence-corrected chi connectivity index (χ3v) is 5.04. The molecule has 1 heterocycles. The molecule has 0 aliphatic heterocycles. The Morgan fingerprint density at radius 3 is 2.73 bits per heavy atom. The zero-order valence-electron chi connectivity index (χ0n) is 11.2. The van der Waals surface area contributed by atoms with Crippen molar-refractivity contribution in [3.63, 3.8) is 0 Å². The number of pyridine rings is 1. The van der Waals surface area contributed by atoms with E-state index in [2.05, 4.69) is 68.6 Å². The Hall–Kier alpha value is -1.25. The molecule has 1 aromatic heterocycles. The molecule has 0 aliphatic carbocycles. The topological polar surface area (TPSA) is 66.4 Å². The maximum absolute atomic E-state index is 11.7. The second-order valence-electron chi connectivity index (χ2n) is 4.18. The molecule has 0 spiro atoms. The largest absolute Gasteiger partial charge is 0.375 e. The predicted octanol–water partition coefficient (Wildman–Crippen LogP) is 3.93. The molecule has 5 nitrogen and oxygen atoms in total. The van der Waals surface area contributed by atoms with Crippen molar-refractivity contribution in [1.29, 1.82) is 0 Å². The minimum absolute atomic E-state index is 0.108. The molecule has 114 valence electrons. The number of halogens is 3. The molecule has 0 aliphatic rings. The van der Waals surface area contributed by atoms with Crippen LogP contribution in [0.25, 0.3) is 0 Å². The van der Waals surface area contributed by atoms with E-state index < -0.39 is 0 Å². The Morgan fingerprint density at radius 2 is 2.00 bits per heavy atom. The molecule has 0 bridgehead atoms. The van der Waals surface area contributed by atoms with Gasteiger partial charge in [0.15, 0.2) is 0 Å². The molecule has 0 saturated carbocycles. The molecular weight excluding hydrogens is 480 g/mol. The van der Waals surface area contributed by atoms with Crippen molar-refractivity contribution in [3.8, 4) is 0 Å². The second kappa shape index (κ2) is 8.40. The summed E-state index contributed by atoms with van der Waals surface area (Å²) in [5, 5.41) is 6.91. The maximum atomic E-state index is 11.7. The first kappa shape index (κ1) is 17.1. The van der Waals surface area contributed by atoms with Gasteiger partial charge in [-0.15, -0.1) is 0 Å². The number of carbonyl (C=O) groups is 1. The molecule has 2 aromatic rings. The first-order chi connectivity index (χ1) is 10.6. The molecule has 0 atom stereocenters. The minimum atomic E-state index is -0.244. The quantitative estimate of drug-likeness (QED) is 0.379. The molecule has 0 saturated heterocycles. The lowest BCUT2D eigenvalue weighted by atomic mass is 10.3. The van der Waals surface area contributed by atoms with Crippen molar-refractivity contribution in [2.75, 3.05) is 11.9 Å². The summed E-state index contributed by atoms with van der Waals surface area (Å²) in [4.78, 5) is 15.7. The van der Waals surface area contributed by atoms with Crippen LogP contribution < -0.4 is 10.7 Å². The highest BCUT2D eigenvalue weighted by molar-refractivity contribution is 9.13. The number of nitrogens with zero attached hydrogens (tertiary/aromatic N) is 2. The van der Waals surface area contributed by atoms with E-state index in [0.717, 1.165) is 24.7 Å². The lowest BCUT2D eigenvalue weighted by molar-refractivity contribution is -0.119. The number of amides is 1. The van der Waals surface area contributed by atoms with E-state index in [0.29, 0.717) is 0 Å². The van der Waals surface area contributed by atoms with E-state index in [1.807, 2.05) is 18.2 Å². The van der Waals surface area contributed by atoms with Crippen molar-refractivity contribution < 1.29 is 4.79 Å². The van der Waals surface area contributed by atoms with Gasteiger partial charge in [0.1, 0.15) is 0 Å². The average Bonchev–Trinajstić information content (AvgIpc) is 2.50. The normalized spacial score (nSPS) is 10.7.